The molecule has 2 fully saturated rings. The van der Waals surface area contributed by atoms with E-state index >= 15 is 0 Å². The molecule has 2 heterocycles. The molecule has 132 valence electrons. The minimum Gasteiger partial charge on any atom is -0.379 e. The summed E-state index contributed by atoms with van der Waals surface area (Å²) in [7, 11) is 0. The van der Waals surface area contributed by atoms with Crippen molar-refractivity contribution in [3.63, 3.8) is 0 Å². The summed E-state index contributed by atoms with van der Waals surface area (Å²) in [6.45, 7) is 8.04. The first-order valence-corrected chi connectivity index (χ1v) is 8.77. The lowest BCUT2D eigenvalue weighted by Gasteiger charge is -2.29. The van der Waals surface area contributed by atoms with Crippen molar-refractivity contribution < 1.29 is 14.3 Å². The molecule has 1 aromatic rings. The molecule has 0 spiro atoms. The third-order valence-corrected chi connectivity index (χ3v) is 4.64. The third kappa shape index (κ3) is 4.77. The fourth-order valence-electron chi connectivity index (χ4n) is 3.11. The molecule has 6 heteroatoms. The number of morpholine rings is 2. The van der Waals surface area contributed by atoms with Crippen LogP contribution >= 0.6 is 0 Å². The van der Waals surface area contributed by atoms with Crippen molar-refractivity contribution in [1.82, 2.24) is 10.2 Å². The summed E-state index contributed by atoms with van der Waals surface area (Å²) in [5.74, 6) is -0.0386. The first-order chi connectivity index (χ1) is 11.7. The molecule has 0 bridgehead atoms. The predicted octanol–water partition coefficient (Wildman–Crippen LogP) is 0.877. The van der Waals surface area contributed by atoms with Gasteiger partial charge in [0.15, 0.2) is 0 Å². The summed E-state index contributed by atoms with van der Waals surface area (Å²) in [4.78, 5) is 14.7. The second-order valence-corrected chi connectivity index (χ2v) is 6.40. The SMILES string of the molecule is C[C@H]1OCCN[C@@H]1C(=O)Nc1ccc(CCN2CCOCC2)cc1. The smallest absolute Gasteiger partial charge is 0.244 e. The van der Waals surface area contributed by atoms with Gasteiger partial charge in [0, 0.05) is 31.9 Å². The van der Waals surface area contributed by atoms with E-state index < -0.39 is 0 Å². The van der Waals surface area contributed by atoms with Gasteiger partial charge in [0.2, 0.25) is 5.91 Å². The molecular weight excluding hydrogens is 306 g/mol. The van der Waals surface area contributed by atoms with Crippen molar-refractivity contribution in [2.75, 3.05) is 51.3 Å². The molecule has 1 amide bonds. The largest absolute Gasteiger partial charge is 0.379 e. The van der Waals surface area contributed by atoms with Crippen LogP contribution in [0.1, 0.15) is 12.5 Å². The Morgan fingerprint density at radius 1 is 1.25 bits per heavy atom. The van der Waals surface area contributed by atoms with Crippen molar-refractivity contribution in [3.8, 4) is 0 Å². The van der Waals surface area contributed by atoms with Gasteiger partial charge < -0.3 is 20.1 Å². The Kier molecular flexibility index (Phi) is 6.20. The number of nitrogens with zero attached hydrogens (tertiary/aromatic N) is 1. The number of amides is 1. The topological polar surface area (TPSA) is 62.8 Å². The van der Waals surface area contributed by atoms with Gasteiger partial charge >= 0.3 is 0 Å². The summed E-state index contributed by atoms with van der Waals surface area (Å²) >= 11 is 0. The van der Waals surface area contributed by atoms with E-state index in [1.807, 2.05) is 19.1 Å². The van der Waals surface area contributed by atoms with E-state index in [2.05, 4.69) is 27.7 Å². The minimum absolute atomic E-state index is 0.0386. The Balaban J connectivity index is 1.47. The molecule has 24 heavy (non-hydrogen) atoms. The van der Waals surface area contributed by atoms with Gasteiger partial charge in [-0.25, -0.2) is 0 Å². The average Bonchev–Trinajstić information content (AvgIpc) is 2.62. The van der Waals surface area contributed by atoms with Crippen LogP contribution in [0.4, 0.5) is 5.69 Å². The number of rotatable bonds is 5. The standard InChI is InChI=1S/C18H27N3O3/c1-14-17(19-7-11-24-14)18(22)20-16-4-2-15(3-5-16)6-8-21-9-12-23-13-10-21/h2-5,14,17,19H,6-13H2,1H3,(H,20,22)/t14-,17+/m1/s1. The molecule has 0 saturated carbocycles. The maximum Gasteiger partial charge on any atom is 0.244 e. The predicted molar refractivity (Wildman–Crippen MR) is 93.2 cm³/mol. The minimum atomic E-state index is -0.292. The van der Waals surface area contributed by atoms with Gasteiger partial charge in [0.25, 0.3) is 0 Å². The van der Waals surface area contributed by atoms with E-state index in [9.17, 15) is 4.79 Å². The summed E-state index contributed by atoms with van der Waals surface area (Å²) < 4.78 is 10.9. The molecule has 6 nitrogen and oxygen atoms in total. The van der Waals surface area contributed by atoms with Crippen LogP contribution in [-0.4, -0.2) is 69.0 Å². The molecule has 0 aromatic heterocycles. The van der Waals surface area contributed by atoms with E-state index in [0.717, 1.165) is 45.0 Å². The first kappa shape index (κ1) is 17.4. The van der Waals surface area contributed by atoms with E-state index in [0.29, 0.717) is 13.2 Å². The van der Waals surface area contributed by atoms with Gasteiger partial charge in [0.05, 0.1) is 25.9 Å². The Hall–Kier alpha value is -1.47. The Labute approximate surface area is 143 Å². The number of carbonyl (C=O) groups is 1. The van der Waals surface area contributed by atoms with E-state index in [1.165, 1.54) is 5.56 Å². The molecule has 3 rings (SSSR count). The van der Waals surface area contributed by atoms with Gasteiger partial charge in [-0.15, -0.1) is 0 Å². The zero-order valence-corrected chi connectivity index (χ0v) is 14.3. The number of hydrogen-bond donors (Lipinski definition) is 2. The fourth-order valence-corrected chi connectivity index (χ4v) is 3.11. The van der Waals surface area contributed by atoms with Crippen molar-refractivity contribution in [2.24, 2.45) is 0 Å². The molecule has 2 N–H and O–H groups in total. The monoisotopic (exact) mass is 333 g/mol. The van der Waals surface area contributed by atoms with Crippen LogP contribution in [0, 0.1) is 0 Å². The fraction of sp³-hybridized carbons (Fsp3) is 0.611. The first-order valence-electron chi connectivity index (χ1n) is 8.77. The summed E-state index contributed by atoms with van der Waals surface area (Å²) in [6.07, 6.45) is 0.912. The van der Waals surface area contributed by atoms with Crippen molar-refractivity contribution >= 4 is 11.6 Å². The van der Waals surface area contributed by atoms with Gasteiger partial charge in [0.1, 0.15) is 6.04 Å². The van der Waals surface area contributed by atoms with Crippen LogP contribution in [0.5, 0.6) is 0 Å². The number of anilines is 1. The van der Waals surface area contributed by atoms with Crippen LogP contribution < -0.4 is 10.6 Å². The van der Waals surface area contributed by atoms with Crippen molar-refractivity contribution in [2.45, 2.75) is 25.5 Å². The number of benzene rings is 1. The molecule has 2 saturated heterocycles. The molecule has 0 radical (unpaired) electrons. The van der Waals surface area contributed by atoms with Gasteiger partial charge in [-0.2, -0.15) is 0 Å². The maximum absolute atomic E-state index is 12.3. The quantitative estimate of drug-likeness (QED) is 0.837. The average molecular weight is 333 g/mol. The number of ether oxygens (including phenoxy) is 2. The zero-order chi connectivity index (χ0) is 16.8. The number of hydrogen-bond acceptors (Lipinski definition) is 5. The summed E-state index contributed by atoms with van der Waals surface area (Å²) in [5, 5.41) is 6.17. The highest BCUT2D eigenvalue weighted by Gasteiger charge is 2.28. The highest BCUT2D eigenvalue weighted by Crippen LogP contribution is 2.13. The van der Waals surface area contributed by atoms with E-state index in [-0.39, 0.29) is 18.1 Å². The van der Waals surface area contributed by atoms with Crippen LogP contribution in [-0.2, 0) is 20.7 Å². The highest BCUT2D eigenvalue weighted by molar-refractivity contribution is 5.95. The van der Waals surface area contributed by atoms with Crippen LogP contribution in [0.3, 0.4) is 0 Å². The molecule has 1 aromatic carbocycles. The number of carbonyl (C=O) groups excluding carboxylic acids is 1. The molecule has 0 unspecified atom stereocenters. The van der Waals surface area contributed by atoms with Crippen molar-refractivity contribution in [3.05, 3.63) is 29.8 Å². The highest BCUT2D eigenvalue weighted by atomic mass is 16.5. The molecular formula is C18H27N3O3. The van der Waals surface area contributed by atoms with Gasteiger partial charge in [-0.3, -0.25) is 9.69 Å². The Bertz CT molecular complexity index is 529. The lowest BCUT2D eigenvalue weighted by Crippen LogP contribution is -2.53. The second-order valence-electron chi connectivity index (χ2n) is 6.40. The molecule has 2 aliphatic rings. The Morgan fingerprint density at radius 2 is 2.00 bits per heavy atom. The van der Waals surface area contributed by atoms with Crippen LogP contribution in [0.25, 0.3) is 0 Å². The summed E-state index contributed by atoms with van der Waals surface area (Å²) in [6, 6.07) is 7.83. The molecule has 2 atom stereocenters. The molecule has 2 aliphatic heterocycles. The Morgan fingerprint density at radius 3 is 2.71 bits per heavy atom. The van der Waals surface area contributed by atoms with Crippen LogP contribution in [0.15, 0.2) is 24.3 Å². The molecule has 0 aliphatic carbocycles. The van der Waals surface area contributed by atoms with E-state index in [1.54, 1.807) is 0 Å². The normalized spacial score (nSPS) is 25.4. The summed E-state index contributed by atoms with van der Waals surface area (Å²) in [5.41, 5.74) is 2.11. The third-order valence-electron chi connectivity index (χ3n) is 4.64. The second kappa shape index (κ2) is 8.58. The van der Waals surface area contributed by atoms with Gasteiger partial charge in [-0.1, -0.05) is 12.1 Å². The lowest BCUT2D eigenvalue weighted by atomic mass is 10.1. The lowest BCUT2D eigenvalue weighted by molar-refractivity contribution is -0.123. The van der Waals surface area contributed by atoms with Crippen LogP contribution in [0.2, 0.25) is 0 Å². The van der Waals surface area contributed by atoms with E-state index in [4.69, 9.17) is 9.47 Å². The van der Waals surface area contributed by atoms with Gasteiger partial charge in [-0.05, 0) is 31.0 Å². The zero-order valence-electron chi connectivity index (χ0n) is 14.3. The maximum atomic E-state index is 12.3. The van der Waals surface area contributed by atoms with Crippen molar-refractivity contribution in [1.29, 1.82) is 0 Å². The number of nitrogens with one attached hydrogen (secondary N) is 2.